The standard InChI is InChI=1S/C16H23N3O/c17-10-13-11-18-8-9-19(13)16(20)15-7-3-5-12-4-1-2-6-14(12)15/h1-2,4,6,13,15,18H,3,5,7-11,17H2. The van der Waals surface area contributed by atoms with Crippen molar-refractivity contribution in [2.24, 2.45) is 5.73 Å². The van der Waals surface area contributed by atoms with Crippen LogP contribution >= 0.6 is 0 Å². The number of piperazine rings is 1. The monoisotopic (exact) mass is 273 g/mol. The summed E-state index contributed by atoms with van der Waals surface area (Å²) in [6.45, 7) is 3.00. The second-order valence-corrected chi connectivity index (χ2v) is 5.77. The van der Waals surface area contributed by atoms with E-state index in [9.17, 15) is 4.79 Å². The molecule has 108 valence electrons. The van der Waals surface area contributed by atoms with Crippen molar-refractivity contribution in [1.29, 1.82) is 0 Å². The normalized spacial score (nSPS) is 26.1. The summed E-state index contributed by atoms with van der Waals surface area (Å²) in [5, 5.41) is 3.32. The van der Waals surface area contributed by atoms with Crippen molar-refractivity contribution in [2.45, 2.75) is 31.2 Å². The zero-order chi connectivity index (χ0) is 13.9. The molecular formula is C16H23N3O. The highest BCUT2D eigenvalue weighted by Crippen LogP contribution is 2.33. The molecule has 1 aromatic carbocycles. The maximum atomic E-state index is 12.9. The van der Waals surface area contributed by atoms with Crippen molar-refractivity contribution in [3.05, 3.63) is 35.4 Å². The van der Waals surface area contributed by atoms with Crippen LogP contribution in [0.3, 0.4) is 0 Å². The van der Waals surface area contributed by atoms with E-state index in [0.29, 0.717) is 6.54 Å². The van der Waals surface area contributed by atoms with E-state index in [4.69, 9.17) is 5.73 Å². The molecule has 4 nitrogen and oxygen atoms in total. The smallest absolute Gasteiger partial charge is 0.230 e. The molecule has 4 heteroatoms. The van der Waals surface area contributed by atoms with Crippen LogP contribution < -0.4 is 11.1 Å². The van der Waals surface area contributed by atoms with Gasteiger partial charge in [0.15, 0.2) is 0 Å². The Hall–Kier alpha value is -1.39. The summed E-state index contributed by atoms with van der Waals surface area (Å²) in [7, 11) is 0. The van der Waals surface area contributed by atoms with Crippen molar-refractivity contribution in [1.82, 2.24) is 10.2 Å². The number of hydrogen-bond acceptors (Lipinski definition) is 3. The first-order valence-electron chi connectivity index (χ1n) is 7.60. The highest BCUT2D eigenvalue weighted by Gasteiger charge is 2.33. The van der Waals surface area contributed by atoms with Gasteiger partial charge in [-0.05, 0) is 30.4 Å². The molecule has 3 rings (SSSR count). The van der Waals surface area contributed by atoms with Gasteiger partial charge in [-0.3, -0.25) is 4.79 Å². The van der Waals surface area contributed by atoms with Crippen LogP contribution in [0.25, 0.3) is 0 Å². The molecule has 20 heavy (non-hydrogen) atoms. The zero-order valence-corrected chi connectivity index (χ0v) is 11.8. The molecule has 1 amide bonds. The molecule has 2 atom stereocenters. The van der Waals surface area contributed by atoms with Crippen LogP contribution in [0.1, 0.15) is 29.9 Å². The minimum absolute atomic E-state index is 0.0344. The van der Waals surface area contributed by atoms with Gasteiger partial charge in [0, 0.05) is 26.2 Å². The summed E-state index contributed by atoms with van der Waals surface area (Å²) >= 11 is 0. The van der Waals surface area contributed by atoms with E-state index >= 15 is 0 Å². The van der Waals surface area contributed by atoms with Gasteiger partial charge in [0.05, 0.1) is 12.0 Å². The van der Waals surface area contributed by atoms with E-state index in [-0.39, 0.29) is 17.9 Å². The fourth-order valence-electron chi connectivity index (χ4n) is 3.47. The largest absolute Gasteiger partial charge is 0.335 e. The highest BCUT2D eigenvalue weighted by molar-refractivity contribution is 5.85. The van der Waals surface area contributed by atoms with Crippen molar-refractivity contribution in [2.75, 3.05) is 26.2 Å². The predicted octanol–water partition coefficient (Wildman–Crippen LogP) is 0.866. The number of nitrogens with one attached hydrogen (secondary N) is 1. The summed E-state index contributed by atoms with van der Waals surface area (Å²) in [5.41, 5.74) is 8.40. The van der Waals surface area contributed by atoms with Gasteiger partial charge in [0.2, 0.25) is 5.91 Å². The topological polar surface area (TPSA) is 58.4 Å². The highest BCUT2D eigenvalue weighted by atomic mass is 16.2. The molecule has 1 heterocycles. The van der Waals surface area contributed by atoms with Crippen molar-refractivity contribution in [3.8, 4) is 0 Å². The molecule has 1 fully saturated rings. The first-order chi connectivity index (χ1) is 9.81. The number of fused-ring (bicyclic) bond motifs is 1. The fourth-order valence-corrected chi connectivity index (χ4v) is 3.47. The molecule has 3 N–H and O–H groups in total. The van der Waals surface area contributed by atoms with Gasteiger partial charge in [0.25, 0.3) is 0 Å². The number of carbonyl (C=O) groups is 1. The van der Waals surface area contributed by atoms with Crippen molar-refractivity contribution >= 4 is 5.91 Å². The molecule has 1 aliphatic carbocycles. The molecule has 0 spiro atoms. The van der Waals surface area contributed by atoms with Crippen molar-refractivity contribution < 1.29 is 4.79 Å². The number of rotatable bonds is 2. The molecule has 0 bridgehead atoms. The molecule has 1 aromatic rings. The molecule has 2 unspecified atom stereocenters. The molecule has 2 aliphatic rings. The minimum Gasteiger partial charge on any atom is -0.335 e. The van der Waals surface area contributed by atoms with Crippen molar-refractivity contribution in [3.63, 3.8) is 0 Å². The van der Waals surface area contributed by atoms with E-state index < -0.39 is 0 Å². The first-order valence-corrected chi connectivity index (χ1v) is 7.60. The third-order valence-corrected chi connectivity index (χ3v) is 4.57. The minimum atomic E-state index is 0.0344. The first kappa shape index (κ1) is 13.6. The number of benzene rings is 1. The molecule has 0 saturated carbocycles. The average Bonchev–Trinajstić information content (AvgIpc) is 2.53. The maximum Gasteiger partial charge on any atom is 0.230 e. The summed E-state index contributed by atoms with van der Waals surface area (Å²) in [6.07, 6.45) is 3.17. The Morgan fingerprint density at radius 2 is 2.25 bits per heavy atom. The van der Waals surface area contributed by atoms with Crippen LogP contribution in [-0.4, -0.2) is 43.0 Å². The lowest BCUT2D eigenvalue weighted by Gasteiger charge is -2.39. The number of hydrogen-bond donors (Lipinski definition) is 2. The van der Waals surface area contributed by atoms with E-state index in [1.807, 2.05) is 11.0 Å². The Labute approximate surface area is 120 Å². The van der Waals surface area contributed by atoms with E-state index in [1.165, 1.54) is 11.1 Å². The zero-order valence-electron chi connectivity index (χ0n) is 11.8. The van der Waals surface area contributed by atoms with Gasteiger partial charge in [-0.25, -0.2) is 0 Å². The summed E-state index contributed by atoms with van der Waals surface area (Å²) in [4.78, 5) is 14.9. The van der Waals surface area contributed by atoms with Gasteiger partial charge in [-0.15, -0.1) is 0 Å². The predicted molar refractivity (Wildman–Crippen MR) is 79.5 cm³/mol. The Bertz CT molecular complexity index is 488. The van der Waals surface area contributed by atoms with E-state index in [1.54, 1.807) is 0 Å². The Morgan fingerprint density at radius 3 is 3.10 bits per heavy atom. The summed E-state index contributed by atoms with van der Waals surface area (Å²) in [5.74, 6) is 0.307. The van der Waals surface area contributed by atoms with E-state index in [2.05, 4.69) is 23.5 Å². The quantitative estimate of drug-likeness (QED) is 0.840. The molecule has 0 aromatic heterocycles. The van der Waals surface area contributed by atoms with Crippen LogP contribution in [0.4, 0.5) is 0 Å². The maximum absolute atomic E-state index is 12.9. The number of aryl methyl sites for hydroxylation is 1. The molecule has 1 saturated heterocycles. The number of carbonyl (C=O) groups excluding carboxylic acids is 1. The second kappa shape index (κ2) is 5.94. The molecular weight excluding hydrogens is 250 g/mol. The van der Waals surface area contributed by atoms with Gasteiger partial charge < -0.3 is 16.0 Å². The lowest BCUT2D eigenvalue weighted by molar-refractivity contribution is -0.136. The Morgan fingerprint density at radius 1 is 1.40 bits per heavy atom. The fraction of sp³-hybridized carbons (Fsp3) is 0.562. The molecule has 0 radical (unpaired) electrons. The van der Waals surface area contributed by atoms with Gasteiger partial charge in [-0.1, -0.05) is 24.3 Å². The number of nitrogens with zero attached hydrogens (tertiary/aromatic N) is 1. The third kappa shape index (κ3) is 2.45. The van der Waals surface area contributed by atoms with Crippen LogP contribution in [-0.2, 0) is 11.2 Å². The lowest BCUT2D eigenvalue weighted by Crippen LogP contribution is -2.57. The third-order valence-electron chi connectivity index (χ3n) is 4.57. The SMILES string of the molecule is NCC1CNCCN1C(=O)C1CCCc2ccccc21. The Kier molecular flexibility index (Phi) is 4.03. The average molecular weight is 273 g/mol. The summed E-state index contributed by atoms with van der Waals surface area (Å²) in [6, 6.07) is 8.54. The Balaban J connectivity index is 1.84. The number of nitrogens with two attached hydrogens (primary N) is 1. The van der Waals surface area contributed by atoms with Crippen LogP contribution in [0.2, 0.25) is 0 Å². The molecule has 1 aliphatic heterocycles. The van der Waals surface area contributed by atoms with Gasteiger partial charge in [-0.2, -0.15) is 0 Å². The van der Waals surface area contributed by atoms with Crippen LogP contribution in [0.15, 0.2) is 24.3 Å². The summed E-state index contributed by atoms with van der Waals surface area (Å²) < 4.78 is 0. The van der Waals surface area contributed by atoms with Gasteiger partial charge in [0.1, 0.15) is 0 Å². The van der Waals surface area contributed by atoms with E-state index in [0.717, 1.165) is 38.9 Å². The number of amides is 1. The van der Waals surface area contributed by atoms with Crippen LogP contribution in [0, 0.1) is 0 Å². The second-order valence-electron chi connectivity index (χ2n) is 5.77. The lowest BCUT2D eigenvalue weighted by atomic mass is 9.82. The van der Waals surface area contributed by atoms with Crippen LogP contribution in [0.5, 0.6) is 0 Å². The van der Waals surface area contributed by atoms with Gasteiger partial charge >= 0.3 is 0 Å².